The van der Waals surface area contributed by atoms with Crippen LogP contribution in [0.1, 0.15) is 45.5 Å². The van der Waals surface area contributed by atoms with Crippen molar-refractivity contribution in [1.82, 2.24) is 5.32 Å². The number of hydrogen-bond donors (Lipinski definition) is 1. The highest BCUT2D eigenvalue weighted by atomic mass is 32.2. The number of ether oxygens (including phenoxy) is 1. The minimum Gasteiger partial charge on any atom is -0.374 e. The van der Waals surface area contributed by atoms with E-state index in [4.69, 9.17) is 4.74 Å². The van der Waals surface area contributed by atoms with E-state index in [-0.39, 0.29) is 12.0 Å². The van der Waals surface area contributed by atoms with Crippen LogP contribution < -0.4 is 5.32 Å². The maximum Gasteiger partial charge on any atom is 0.251 e. The van der Waals surface area contributed by atoms with E-state index >= 15 is 0 Å². The topological polar surface area (TPSA) is 38.3 Å². The second-order valence-electron chi connectivity index (χ2n) is 6.23. The Bertz CT molecular complexity index is 685. The van der Waals surface area contributed by atoms with Crippen LogP contribution in [0.15, 0.2) is 54.6 Å². The molecule has 3 rings (SSSR count). The van der Waals surface area contributed by atoms with Crippen molar-refractivity contribution in [3.8, 4) is 0 Å². The van der Waals surface area contributed by atoms with Crippen molar-refractivity contribution in [3.63, 3.8) is 0 Å². The Balaban J connectivity index is 1.36. The second kappa shape index (κ2) is 10.0. The van der Waals surface area contributed by atoms with Crippen molar-refractivity contribution in [3.05, 3.63) is 71.3 Å². The van der Waals surface area contributed by atoms with Crippen molar-refractivity contribution in [2.24, 2.45) is 0 Å². The summed E-state index contributed by atoms with van der Waals surface area (Å²) < 4.78 is 6.36. The largest absolute Gasteiger partial charge is 0.374 e. The Morgan fingerprint density at radius 3 is 2.50 bits per heavy atom. The van der Waals surface area contributed by atoms with Crippen LogP contribution in [0.2, 0.25) is 0 Å². The molecule has 0 spiro atoms. The second-order valence-corrected chi connectivity index (χ2v) is 8.95. The zero-order valence-electron chi connectivity index (χ0n) is 15.0. The molecule has 1 atom stereocenters. The van der Waals surface area contributed by atoms with Gasteiger partial charge in [-0.25, -0.2) is 0 Å². The fourth-order valence-corrected chi connectivity index (χ4v) is 5.66. The van der Waals surface area contributed by atoms with Crippen LogP contribution >= 0.6 is 23.5 Å². The van der Waals surface area contributed by atoms with E-state index in [0.717, 1.165) is 12.0 Å². The first-order chi connectivity index (χ1) is 12.7. The average molecular weight is 388 g/mol. The first kappa shape index (κ1) is 19.3. The number of nitrogens with one attached hydrogen (secondary N) is 1. The minimum atomic E-state index is -0.0145. The van der Waals surface area contributed by atoms with Gasteiger partial charge in [-0.1, -0.05) is 42.5 Å². The normalized spacial score (nSPS) is 15.7. The molecule has 0 aliphatic carbocycles. The molecule has 1 aliphatic heterocycles. The Labute approximate surface area is 164 Å². The van der Waals surface area contributed by atoms with Crippen LogP contribution in [-0.2, 0) is 4.74 Å². The molecule has 3 nitrogen and oxygen atoms in total. The summed E-state index contributed by atoms with van der Waals surface area (Å²) in [6.45, 7) is 3.30. The van der Waals surface area contributed by atoms with E-state index in [0.29, 0.717) is 17.7 Å². The van der Waals surface area contributed by atoms with Crippen LogP contribution in [0, 0.1) is 0 Å². The first-order valence-corrected chi connectivity index (χ1v) is 11.1. The molecule has 0 radical (unpaired) electrons. The summed E-state index contributed by atoms with van der Waals surface area (Å²) in [5.74, 6) is 2.41. The van der Waals surface area contributed by atoms with Crippen LogP contribution in [0.25, 0.3) is 0 Å². The van der Waals surface area contributed by atoms with Gasteiger partial charge < -0.3 is 10.1 Å². The first-order valence-electron chi connectivity index (χ1n) is 9.02. The molecule has 26 heavy (non-hydrogen) atoms. The Hall–Kier alpha value is -1.43. The van der Waals surface area contributed by atoms with Crippen molar-refractivity contribution >= 4 is 29.4 Å². The molecule has 2 aromatic carbocycles. The van der Waals surface area contributed by atoms with Crippen molar-refractivity contribution in [2.45, 2.75) is 24.0 Å². The lowest BCUT2D eigenvalue weighted by molar-refractivity contribution is 0.0635. The van der Waals surface area contributed by atoms with Gasteiger partial charge in [-0.05, 0) is 36.6 Å². The lowest BCUT2D eigenvalue weighted by atomic mass is 10.1. The summed E-state index contributed by atoms with van der Waals surface area (Å²) in [7, 11) is 0. The fourth-order valence-electron chi connectivity index (χ4n) is 2.80. The number of carbonyl (C=O) groups is 1. The SMILES string of the molecule is CC(OCCCNC(=O)c1ccc(C2SCCS2)cc1)c1ccccc1. The predicted octanol–water partition coefficient (Wildman–Crippen LogP) is 5.06. The molecule has 1 saturated heterocycles. The lowest BCUT2D eigenvalue weighted by Gasteiger charge is -2.13. The summed E-state index contributed by atoms with van der Waals surface area (Å²) in [4.78, 5) is 12.2. The van der Waals surface area contributed by atoms with Gasteiger partial charge in [0.15, 0.2) is 0 Å². The Morgan fingerprint density at radius 2 is 1.81 bits per heavy atom. The predicted molar refractivity (Wildman–Crippen MR) is 112 cm³/mol. The third-order valence-electron chi connectivity index (χ3n) is 4.31. The summed E-state index contributed by atoms with van der Waals surface area (Å²) >= 11 is 3.96. The monoisotopic (exact) mass is 387 g/mol. The molecule has 1 fully saturated rings. The molecule has 1 heterocycles. The van der Waals surface area contributed by atoms with Gasteiger partial charge in [-0.15, -0.1) is 23.5 Å². The highest BCUT2D eigenvalue weighted by Crippen LogP contribution is 2.45. The van der Waals surface area contributed by atoms with Crippen LogP contribution in [0.4, 0.5) is 0 Å². The van der Waals surface area contributed by atoms with Gasteiger partial charge in [0.05, 0.1) is 10.7 Å². The highest BCUT2D eigenvalue weighted by Gasteiger charge is 2.18. The summed E-state index contributed by atoms with van der Waals surface area (Å²) in [5, 5.41) is 2.97. The average Bonchev–Trinajstić information content (AvgIpc) is 3.23. The summed E-state index contributed by atoms with van der Waals surface area (Å²) in [5.41, 5.74) is 3.20. The molecule has 1 unspecified atom stereocenters. The molecule has 0 bridgehead atoms. The van der Waals surface area contributed by atoms with E-state index in [9.17, 15) is 4.79 Å². The number of carbonyl (C=O) groups excluding carboxylic acids is 1. The zero-order valence-corrected chi connectivity index (χ0v) is 16.7. The molecular weight excluding hydrogens is 362 g/mol. The maximum absolute atomic E-state index is 12.2. The molecular formula is C21H25NO2S2. The Kier molecular flexibility index (Phi) is 7.47. The minimum absolute atomic E-state index is 0.0145. The molecule has 0 saturated carbocycles. The van der Waals surface area contributed by atoms with Crippen LogP contribution in [0.5, 0.6) is 0 Å². The molecule has 5 heteroatoms. The highest BCUT2D eigenvalue weighted by molar-refractivity contribution is 8.19. The van der Waals surface area contributed by atoms with Crippen molar-refractivity contribution in [1.29, 1.82) is 0 Å². The molecule has 1 amide bonds. The van der Waals surface area contributed by atoms with Gasteiger partial charge in [-0.3, -0.25) is 4.79 Å². The van der Waals surface area contributed by atoms with Crippen molar-refractivity contribution < 1.29 is 9.53 Å². The third-order valence-corrected chi connectivity index (χ3v) is 7.41. The summed E-state index contributed by atoms with van der Waals surface area (Å²) in [6.07, 6.45) is 0.877. The number of benzene rings is 2. The molecule has 1 aliphatic rings. The van der Waals surface area contributed by atoms with Gasteiger partial charge in [0.1, 0.15) is 0 Å². The van der Waals surface area contributed by atoms with E-state index < -0.39 is 0 Å². The van der Waals surface area contributed by atoms with Gasteiger partial charge in [-0.2, -0.15) is 0 Å². The molecule has 1 N–H and O–H groups in total. The third kappa shape index (κ3) is 5.53. The van der Waals surface area contributed by atoms with Gasteiger partial charge in [0, 0.05) is 30.2 Å². The summed E-state index contributed by atoms with van der Waals surface area (Å²) in [6, 6.07) is 18.2. The molecule has 0 aromatic heterocycles. The number of rotatable bonds is 8. The van der Waals surface area contributed by atoms with E-state index in [2.05, 4.69) is 36.5 Å². The quantitative estimate of drug-likeness (QED) is 0.642. The lowest BCUT2D eigenvalue weighted by Crippen LogP contribution is -2.25. The number of thioether (sulfide) groups is 2. The van der Waals surface area contributed by atoms with Gasteiger partial charge in [0.2, 0.25) is 0 Å². The van der Waals surface area contributed by atoms with Crippen LogP contribution in [-0.4, -0.2) is 30.6 Å². The van der Waals surface area contributed by atoms with Crippen LogP contribution in [0.3, 0.4) is 0 Å². The molecule has 138 valence electrons. The van der Waals surface area contributed by atoms with E-state index in [1.807, 2.05) is 53.9 Å². The van der Waals surface area contributed by atoms with E-state index in [1.54, 1.807) is 0 Å². The van der Waals surface area contributed by atoms with Gasteiger partial charge >= 0.3 is 0 Å². The molecule has 2 aromatic rings. The van der Waals surface area contributed by atoms with Crippen molar-refractivity contribution in [2.75, 3.05) is 24.7 Å². The standard InChI is InChI=1S/C21H25NO2S2/c1-16(17-6-3-2-4-7-17)24-13-5-12-22-20(23)18-8-10-19(11-9-18)21-25-14-15-26-21/h2-4,6-11,16,21H,5,12-15H2,1H3,(H,22,23). The number of hydrogen-bond acceptors (Lipinski definition) is 4. The number of amides is 1. The maximum atomic E-state index is 12.2. The Morgan fingerprint density at radius 1 is 1.12 bits per heavy atom. The smallest absolute Gasteiger partial charge is 0.251 e. The van der Waals surface area contributed by atoms with Gasteiger partial charge in [0.25, 0.3) is 5.91 Å². The fraction of sp³-hybridized carbons (Fsp3) is 0.381. The van der Waals surface area contributed by atoms with E-state index in [1.165, 1.54) is 22.6 Å². The zero-order chi connectivity index (χ0) is 18.2.